The first-order valence-corrected chi connectivity index (χ1v) is 14.1. The minimum absolute atomic E-state index is 0.0351. The van der Waals surface area contributed by atoms with E-state index in [1.54, 1.807) is 36.4 Å². The maximum absolute atomic E-state index is 13.2. The summed E-state index contributed by atoms with van der Waals surface area (Å²) in [6.07, 6.45) is -0.175. The summed E-state index contributed by atoms with van der Waals surface area (Å²) in [7, 11) is -4.06. The second-order valence-electron chi connectivity index (χ2n) is 9.41. The first-order chi connectivity index (χ1) is 19.1. The van der Waals surface area contributed by atoms with Crippen LogP contribution < -0.4 is 11.0 Å². The number of phosphoric ester groups is 1. The highest BCUT2D eigenvalue weighted by atomic mass is 35.5. The van der Waals surface area contributed by atoms with Crippen LogP contribution in [0.1, 0.15) is 41.6 Å². The van der Waals surface area contributed by atoms with E-state index < -0.39 is 56.2 Å². The fourth-order valence-corrected chi connectivity index (χ4v) is 5.99. The number of amides is 1. The zero-order valence-electron chi connectivity index (χ0n) is 21.1. The van der Waals surface area contributed by atoms with Gasteiger partial charge in [0.05, 0.1) is 24.9 Å². The molecule has 1 unspecified atom stereocenters. The molecule has 0 saturated carbocycles. The van der Waals surface area contributed by atoms with E-state index in [1.165, 1.54) is 31.6 Å². The Morgan fingerprint density at radius 1 is 1.32 bits per heavy atom. The van der Waals surface area contributed by atoms with E-state index in [0.29, 0.717) is 17.0 Å². The average Bonchev–Trinajstić information content (AvgIpc) is 3.16. The summed E-state index contributed by atoms with van der Waals surface area (Å²) in [5, 5.41) is 24.8. The number of nitrogens with zero attached hydrogens (tertiary/aromatic N) is 3. The Balaban J connectivity index is 1.25. The van der Waals surface area contributed by atoms with Crippen molar-refractivity contribution in [2.75, 3.05) is 18.5 Å². The number of anilines is 1. The Hall–Kier alpha value is -3.00. The smallest absolute Gasteiger partial charge is 0.387 e. The average molecular weight is 593 g/mol. The van der Waals surface area contributed by atoms with Gasteiger partial charge in [-0.2, -0.15) is 4.98 Å². The molecule has 2 aliphatic rings. The van der Waals surface area contributed by atoms with Crippen molar-refractivity contribution in [3.8, 4) is 0 Å². The summed E-state index contributed by atoms with van der Waals surface area (Å²) >= 11 is 6.05. The number of benzene rings is 1. The first kappa shape index (κ1) is 28.5. The number of hydrogen-bond acceptors (Lipinski definition) is 11. The molecule has 5 rings (SSSR count). The molecule has 2 saturated heterocycles. The van der Waals surface area contributed by atoms with Crippen molar-refractivity contribution >= 4 is 31.1 Å². The van der Waals surface area contributed by atoms with E-state index >= 15 is 0 Å². The van der Waals surface area contributed by atoms with Crippen molar-refractivity contribution in [3.63, 3.8) is 0 Å². The molecular weight excluding hydrogens is 567 g/mol. The van der Waals surface area contributed by atoms with Crippen LogP contribution in [0.25, 0.3) is 0 Å². The van der Waals surface area contributed by atoms with Crippen LogP contribution in [-0.4, -0.2) is 61.7 Å². The standard InChI is InChI=1S/C25H26ClN4O9P/c1-25(34)21(31)19(14-37-40(35)36-11-8-18(39-40)15-4-2-6-17(26)12-15)38-23(25)30-10-7-20(29-24(30)33)28-22(32)16-5-3-9-27-13-16/h2-7,9-10,12-13,18-19,21,23,31,34H,8,11,14H2,1H3,(H,28,29,32,33)/t18-,19+,21+,23+,25+,40?/m0/s1. The van der Waals surface area contributed by atoms with Gasteiger partial charge in [0.25, 0.3) is 5.91 Å². The Bertz CT molecular complexity index is 1490. The lowest BCUT2D eigenvalue weighted by molar-refractivity contribution is -0.0989. The fraction of sp³-hybridized carbons (Fsp3) is 0.360. The molecule has 3 aromatic rings. The number of aliphatic hydroxyl groups is 2. The molecule has 2 aliphatic heterocycles. The minimum Gasteiger partial charge on any atom is -0.387 e. The van der Waals surface area contributed by atoms with Crippen molar-refractivity contribution in [2.24, 2.45) is 0 Å². The van der Waals surface area contributed by atoms with Crippen LogP contribution in [0.2, 0.25) is 5.02 Å². The highest BCUT2D eigenvalue weighted by molar-refractivity contribution is 7.48. The largest absolute Gasteiger partial charge is 0.475 e. The molecule has 0 radical (unpaired) electrons. The maximum atomic E-state index is 13.2. The van der Waals surface area contributed by atoms with Crippen molar-refractivity contribution in [1.29, 1.82) is 0 Å². The van der Waals surface area contributed by atoms with Gasteiger partial charge in [-0.05, 0) is 42.8 Å². The molecule has 212 valence electrons. The second-order valence-corrected chi connectivity index (χ2v) is 11.5. The summed E-state index contributed by atoms with van der Waals surface area (Å²) < 4.78 is 36.2. The van der Waals surface area contributed by atoms with Crippen molar-refractivity contribution in [1.82, 2.24) is 14.5 Å². The lowest BCUT2D eigenvalue weighted by Gasteiger charge is -2.30. The number of carbonyl (C=O) groups is 1. The molecule has 15 heteroatoms. The summed E-state index contributed by atoms with van der Waals surface area (Å²) in [5.74, 6) is -0.554. The number of rotatable bonds is 7. The van der Waals surface area contributed by atoms with E-state index in [1.807, 2.05) is 0 Å². The lowest BCUT2D eigenvalue weighted by Crippen LogP contribution is -2.46. The van der Waals surface area contributed by atoms with Gasteiger partial charge in [-0.3, -0.25) is 27.9 Å². The van der Waals surface area contributed by atoms with Crippen LogP contribution in [0.4, 0.5) is 5.82 Å². The Kier molecular flexibility index (Phi) is 8.18. The number of nitrogens with one attached hydrogen (secondary N) is 1. The zero-order chi connectivity index (χ0) is 28.5. The predicted octanol–water partition coefficient (Wildman–Crippen LogP) is 2.86. The van der Waals surface area contributed by atoms with Crippen LogP contribution in [0.15, 0.2) is 65.8 Å². The number of phosphoric acid groups is 1. The van der Waals surface area contributed by atoms with Crippen LogP contribution in [-0.2, 0) is 22.9 Å². The van der Waals surface area contributed by atoms with Crippen LogP contribution in [0, 0.1) is 0 Å². The predicted molar refractivity (Wildman–Crippen MR) is 141 cm³/mol. The Morgan fingerprint density at radius 3 is 2.88 bits per heavy atom. The van der Waals surface area contributed by atoms with Gasteiger partial charge in [0, 0.05) is 30.0 Å². The van der Waals surface area contributed by atoms with Gasteiger partial charge in [0.2, 0.25) is 0 Å². The third kappa shape index (κ3) is 6.02. The van der Waals surface area contributed by atoms with Gasteiger partial charge in [-0.15, -0.1) is 0 Å². The number of aromatic nitrogens is 3. The van der Waals surface area contributed by atoms with Crippen molar-refractivity contribution < 1.29 is 37.9 Å². The lowest BCUT2D eigenvalue weighted by atomic mass is 9.96. The molecule has 6 atom stereocenters. The first-order valence-electron chi connectivity index (χ1n) is 12.3. The highest BCUT2D eigenvalue weighted by Gasteiger charge is 2.54. The van der Waals surface area contributed by atoms with Crippen LogP contribution >= 0.6 is 19.4 Å². The third-order valence-electron chi connectivity index (χ3n) is 6.51. The van der Waals surface area contributed by atoms with Gasteiger partial charge >= 0.3 is 13.5 Å². The van der Waals surface area contributed by atoms with E-state index in [9.17, 15) is 24.4 Å². The summed E-state index contributed by atoms with van der Waals surface area (Å²) in [5.41, 5.74) is -1.86. The molecule has 2 aromatic heterocycles. The number of hydrogen-bond donors (Lipinski definition) is 3. The van der Waals surface area contributed by atoms with Gasteiger partial charge in [0.15, 0.2) is 6.23 Å². The SMILES string of the molecule is C[C@@]1(O)[C@H](O)[C@@H](COP2(=O)OCC[C@@H](c3cccc(Cl)c3)O2)O[C@H]1n1ccc(NC(=O)c2cccnc2)nc1=O. The van der Waals surface area contributed by atoms with Gasteiger partial charge in [0.1, 0.15) is 23.6 Å². The van der Waals surface area contributed by atoms with Crippen LogP contribution in [0.5, 0.6) is 0 Å². The summed E-state index contributed by atoms with van der Waals surface area (Å²) in [6.45, 7) is 0.889. The second kappa shape index (κ2) is 11.5. The molecule has 4 heterocycles. The molecule has 40 heavy (non-hydrogen) atoms. The van der Waals surface area contributed by atoms with Gasteiger partial charge in [-0.25, -0.2) is 9.36 Å². The molecule has 3 N–H and O–H groups in total. The number of ether oxygens (including phenoxy) is 1. The summed E-state index contributed by atoms with van der Waals surface area (Å²) in [4.78, 5) is 32.8. The van der Waals surface area contributed by atoms with Gasteiger partial charge < -0.3 is 20.3 Å². The number of carbonyl (C=O) groups excluding carboxylic acids is 1. The number of aliphatic hydroxyl groups excluding tert-OH is 1. The molecule has 2 fully saturated rings. The fourth-order valence-electron chi connectivity index (χ4n) is 4.40. The zero-order valence-corrected chi connectivity index (χ0v) is 22.8. The van der Waals surface area contributed by atoms with Gasteiger partial charge in [-0.1, -0.05) is 23.7 Å². The quantitative estimate of drug-likeness (QED) is 0.344. The van der Waals surface area contributed by atoms with E-state index in [0.717, 1.165) is 4.57 Å². The maximum Gasteiger partial charge on any atom is 0.475 e. The highest BCUT2D eigenvalue weighted by Crippen LogP contribution is 2.57. The number of halogens is 1. The van der Waals surface area contributed by atoms with E-state index in [4.69, 9.17) is 29.9 Å². The van der Waals surface area contributed by atoms with E-state index in [2.05, 4.69) is 15.3 Å². The van der Waals surface area contributed by atoms with Crippen LogP contribution in [0.3, 0.4) is 0 Å². The molecule has 0 aliphatic carbocycles. The molecule has 0 bridgehead atoms. The Morgan fingerprint density at radius 2 is 2.15 bits per heavy atom. The monoisotopic (exact) mass is 592 g/mol. The normalized spacial score (nSPS) is 30.2. The topological polar surface area (TPSA) is 171 Å². The minimum atomic E-state index is -4.06. The molecule has 13 nitrogen and oxygen atoms in total. The molecule has 1 aromatic carbocycles. The molecule has 1 amide bonds. The molecule has 0 spiro atoms. The summed E-state index contributed by atoms with van der Waals surface area (Å²) in [6, 6.07) is 11.4. The third-order valence-corrected chi connectivity index (χ3v) is 8.22. The number of pyridine rings is 1. The van der Waals surface area contributed by atoms with Crippen molar-refractivity contribution in [2.45, 2.75) is 43.5 Å². The van der Waals surface area contributed by atoms with E-state index in [-0.39, 0.29) is 18.0 Å². The molecular formula is C25H26ClN4O9P. The van der Waals surface area contributed by atoms with Crippen molar-refractivity contribution in [3.05, 3.63) is 87.7 Å². The Labute approximate surface area is 233 Å².